The molecule has 0 heterocycles. The van der Waals surface area contributed by atoms with Crippen molar-refractivity contribution in [2.24, 2.45) is 0 Å². The molecule has 0 unspecified atom stereocenters. The van der Waals surface area contributed by atoms with E-state index in [1.165, 1.54) is 0 Å². The molecular formula is C11H11F3N2. The quantitative estimate of drug-likeness (QED) is 0.862. The summed E-state index contributed by atoms with van der Waals surface area (Å²) in [6.07, 6.45) is -5.09. The van der Waals surface area contributed by atoms with Crippen molar-refractivity contribution in [1.29, 1.82) is 5.26 Å². The van der Waals surface area contributed by atoms with Crippen LogP contribution < -0.4 is 5.32 Å². The summed E-state index contributed by atoms with van der Waals surface area (Å²) in [4.78, 5) is 0. The van der Waals surface area contributed by atoms with Gasteiger partial charge in [-0.05, 0) is 18.6 Å². The first-order valence-corrected chi connectivity index (χ1v) is 4.74. The lowest BCUT2D eigenvalue weighted by Crippen LogP contribution is -2.15. The minimum absolute atomic E-state index is 0.221. The Labute approximate surface area is 91.7 Å². The van der Waals surface area contributed by atoms with Crippen LogP contribution in [0.25, 0.3) is 0 Å². The Bertz CT molecular complexity index is 405. The highest BCUT2D eigenvalue weighted by atomic mass is 19.4. The van der Waals surface area contributed by atoms with E-state index >= 15 is 0 Å². The number of alkyl halides is 3. The first-order chi connectivity index (χ1) is 7.44. The predicted octanol–water partition coefficient (Wildman–Crippen LogP) is 3.23. The minimum Gasteiger partial charge on any atom is -0.384 e. The number of nitriles is 1. The molecule has 16 heavy (non-hydrogen) atoms. The van der Waals surface area contributed by atoms with Crippen LogP contribution in [0.2, 0.25) is 0 Å². The summed E-state index contributed by atoms with van der Waals surface area (Å²) in [7, 11) is 0. The molecule has 0 amide bonds. The molecule has 0 saturated heterocycles. The van der Waals surface area contributed by atoms with Gasteiger partial charge in [-0.1, -0.05) is 12.1 Å². The zero-order valence-corrected chi connectivity index (χ0v) is 8.73. The number of hydrogen-bond acceptors (Lipinski definition) is 2. The molecule has 0 fully saturated rings. The molecule has 0 aliphatic rings. The highest BCUT2D eigenvalue weighted by molar-refractivity contribution is 5.60. The van der Waals surface area contributed by atoms with Crippen LogP contribution in [0.4, 0.5) is 18.9 Å². The Balaban J connectivity index is 2.68. The number of rotatable bonds is 3. The monoisotopic (exact) mass is 228 g/mol. The summed E-state index contributed by atoms with van der Waals surface area (Å²) in [6, 6.07) is 7.01. The van der Waals surface area contributed by atoms with Crippen molar-refractivity contribution in [2.75, 3.05) is 11.9 Å². The molecule has 86 valence electrons. The first kappa shape index (κ1) is 12.4. The van der Waals surface area contributed by atoms with E-state index in [0.29, 0.717) is 11.3 Å². The Morgan fingerprint density at radius 2 is 2.06 bits per heavy atom. The van der Waals surface area contributed by atoms with Crippen LogP contribution in [0.3, 0.4) is 0 Å². The fourth-order valence-corrected chi connectivity index (χ4v) is 1.30. The third-order valence-corrected chi connectivity index (χ3v) is 2.11. The maximum atomic E-state index is 11.9. The van der Waals surface area contributed by atoms with Crippen molar-refractivity contribution < 1.29 is 13.2 Å². The predicted molar refractivity (Wildman–Crippen MR) is 55.1 cm³/mol. The van der Waals surface area contributed by atoms with Crippen molar-refractivity contribution in [3.8, 4) is 6.07 Å². The molecule has 1 aromatic rings. The fourth-order valence-electron chi connectivity index (χ4n) is 1.30. The third-order valence-electron chi connectivity index (χ3n) is 2.11. The summed E-state index contributed by atoms with van der Waals surface area (Å²) in [6.45, 7) is 1.52. The molecule has 2 nitrogen and oxygen atoms in total. The van der Waals surface area contributed by atoms with Gasteiger partial charge >= 0.3 is 6.18 Å². The zero-order chi connectivity index (χ0) is 12.2. The molecule has 0 aliphatic heterocycles. The van der Waals surface area contributed by atoms with Gasteiger partial charge in [0, 0.05) is 6.54 Å². The van der Waals surface area contributed by atoms with E-state index in [0.717, 1.165) is 5.56 Å². The second-order valence-electron chi connectivity index (χ2n) is 3.40. The van der Waals surface area contributed by atoms with Crippen molar-refractivity contribution in [3.63, 3.8) is 0 Å². The molecular weight excluding hydrogens is 217 g/mol. The number of aryl methyl sites for hydroxylation is 1. The normalized spacial score (nSPS) is 10.9. The van der Waals surface area contributed by atoms with Gasteiger partial charge in [0.05, 0.1) is 17.7 Å². The van der Waals surface area contributed by atoms with Crippen molar-refractivity contribution >= 4 is 5.69 Å². The minimum atomic E-state index is -4.18. The van der Waals surface area contributed by atoms with Crippen LogP contribution in [0.1, 0.15) is 17.5 Å². The molecule has 0 bridgehead atoms. The summed E-state index contributed by atoms with van der Waals surface area (Å²) in [5, 5.41) is 11.5. The summed E-state index contributed by atoms with van der Waals surface area (Å²) < 4.78 is 35.7. The number of hydrogen-bond donors (Lipinski definition) is 1. The van der Waals surface area contributed by atoms with Crippen LogP contribution in [0.15, 0.2) is 18.2 Å². The number of nitrogens with zero attached hydrogens (tertiary/aromatic N) is 1. The molecule has 0 spiro atoms. The van der Waals surface area contributed by atoms with E-state index in [1.807, 2.05) is 6.07 Å². The summed E-state index contributed by atoms with van der Waals surface area (Å²) in [5.41, 5.74) is 1.59. The molecule has 0 aliphatic carbocycles. The molecule has 1 N–H and O–H groups in total. The number of halogens is 3. The topological polar surface area (TPSA) is 35.8 Å². The van der Waals surface area contributed by atoms with Crippen LogP contribution in [0, 0.1) is 18.3 Å². The van der Waals surface area contributed by atoms with Crippen molar-refractivity contribution in [1.82, 2.24) is 0 Å². The van der Waals surface area contributed by atoms with Crippen LogP contribution in [0.5, 0.6) is 0 Å². The van der Waals surface area contributed by atoms with E-state index in [9.17, 15) is 13.2 Å². The second-order valence-corrected chi connectivity index (χ2v) is 3.40. The average molecular weight is 228 g/mol. The molecule has 1 aromatic carbocycles. The molecule has 0 atom stereocenters. The largest absolute Gasteiger partial charge is 0.390 e. The molecule has 5 heteroatoms. The Morgan fingerprint density at radius 1 is 1.38 bits per heavy atom. The van der Waals surface area contributed by atoms with Gasteiger partial charge < -0.3 is 5.32 Å². The van der Waals surface area contributed by atoms with E-state index in [1.54, 1.807) is 25.1 Å². The lowest BCUT2D eigenvalue weighted by atomic mass is 10.1. The lowest BCUT2D eigenvalue weighted by Gasteiger charge is -2.11. The molecule has 0 saturated carbocycles. The highest BCUT2D eigenvalue weighted by Crippen LogP contribution is 2.21. The Morgan fingerprint density at radius 3 is 2.62 bits per heavy atom. The maximum absolute atomic E-state index is 11.9. The van der Waals surface area contributed by atoms with E-state index in [-0.39, 0.29) is 6.54 Å². The van der Waals surface area contributed by atoms with Gasteiger partial charge in [0.15, 0.2) is 0 Å². The Hall–Kier alpha value is -1.70. The van der Waals surface area contributed by atoms with Crippen molar-refractivity contribution in [3.05, 3.63) is 29.3 Å². The standard InChI is InChI=1S/C11H11F3N2/c1-8-3-2-4-10(9(8)7-15)16-6-5-11(12,13)14/h2-4,16H,5-6H2,1H3. The van der Waals surface area contributed by atoms with Crippen LogP contribution in [-0.4, -0.2) is 12.7 Å². The van der Waals surface area contributed by atoms with Gasteiger partial charge in [0.25, 0.3) is 0 Å². The SMILES string of the molecule is Cc1cccc(NCCC(F)(F)F)c1C#N. The second kappa shape index (κ2) is 4.88. The van der Waals surface area contributed by atoms with Gasteiger partial charge in [-0.15, -0.1) is 0 Å². The fraction of sp³-hybridized carbons (Fsp3) is 0.364. The molecule has 0 radical (unpaired) electrons. The smallest absolute Gasteiger partial charge is 0.384 e. The molecule has 1 rings (SSSR count). The number of benzene rings is 1. The third kappa shape index (κ3) is 3.46. The zero-order valence-electron chi connectivity index (χ0n) is 8.73. The van der Waals surface area contributed by atoms with Crippen LogP contribution in [-0.2, 0) is 0 Å². The number of anilines is 1. The van der Waals surface area contributed by atoms with Gasteiger partial charge in [-0.2, -0.15) is 18.4 Å². The van der Waals surface area contributed by atoms with E-state index < -0.39 is 12.6 Å². The number of nitrogens with one attached hydrogen (secondary N) is 1. The molecule has 0 aromatic heterocycles. The summed E-state index contributed by atoms with van der Waals surface area (Å²) in [5.74, 6) is 0. The van der Waals surface area contributed by atoms with Crippen molar-refractivity contribution in [2.45, 2.75) is 19.5 Å². The van der Waals surface area contributed by atoms with Gasteiger partial charge in [-0.3, -0.25) is 0 Å². The summed E-state index contributed by atoms with van der Waals surface area (Å²) >= 11 is 0. The van der Waals surface area contributed by atoms with E-state index in [2.05, 4.69) is 5.32 Å². The van der Waals surface area contributed by atoms with Gasteiger partial charge in [0.2, 0.25) is 0 Å². The van der Waals surface area contributed by atoms with Crippen LogP contribution >= 0.6 is 0 Å². The average Bonchev–Trinajstić information content (AvgIpc) is 2.16. The van der Waals surface area contributed by atoms with E-state index in [4.69, 9.17) is 5.26 Å². The first-order valence-electron chi connectivity index (χ1n) is 4.74. The highest BCUT2D eigenvalue weighted by Gasteiger charge is 2.26. The van der Waals surface area contributed by atoms with Gasteiger partial charge in [-0.25, -0.2) is 0 Å². The lowest BCUT2D eigenvalue weighted by molar-refractivity contribution is -0.131. The van der Waals surface area contributed by atoms with Gasteiger partial charge in [0.1, 0.15) is 6.07 Å². The maximum Gasteiger partial charge on any atom is 0.390 e. The Kier molecular flexibility index (Phi) is 3.78.